The number of nitrogens with one attached hydrogen (secondary N) is 2. The summed E-state index contributed by atoms with van der Waals surface area (Å²) in [5.41, 5.74) is 7.97. The lowest BCUT2D eigenvalue weighted by atomic mass is 10.1. The van der Waals surface area contributed by atoms with Crippen LogP contribution in [0.2, 0.25) is 0 Å². The molecule has 3 rings (SSSR count). The van der Waals surface area contributed by atoms with Gasteiger partial charge in [0, 0.05) is 30.9 Å². The molecule has 0 radical (unpaired) electrons. The third-order valence-electron chi connectivity index (χ3n) is 6.27. The number of carbonyl (C=O) groups excluding carboxylic acids is 4. The quantitative estimate of drug-likeness (QED) is 0.291. The molecular formula is C29H33N5O8S. The number of sulfonamides is 1. The average molecular weight is 612 g/mol. The maximum absolute atomic E-state index is 13.0. The van der Waals surface area contributed by atoms with Crippen LogP contribution in [0.15, 0.2) is 59.6 Å². The highest BCUT2D eigenvalue weighted by molar-refractivity contribution is 7.90. The highest BCUT2D eigenvalue weighted by Gasteiger charge is 2.23. The third-order valence-corrected chi connectivity index (χ3v) is 7.62. The van der Waals surface area contributed by atoms with E-state index in [-0.39, 0.29) is 34.6 Å². The SMILES string of the molecule is CCN(CC)C(=O)c1ccc(S(=O)(=O)NC(=O)c2cnc(OC(=O)NC(=O)CN)c(OCc3cc(C)ccc3C)c2)cc1. The zero-order chi connectivity index (χ0) is 31.7. The van der Waals surface area contributed by atoms with E-state index < -0.39 is 34.5 Å². The smallest absolute Gasteiger partial charge is 0.420 e. The van der Waals surface area contributed by atoms with Gasteiger partial charge in [-0.15, -0.1) is 0 Å². The van der Waals surface area contributed by atoms with Gasteiger partial charge in [-0.3, -0.25) is 19.7 Å². The van der Waals surface area contributed by atoms with E-state index in [1.165, 1.54) is 24.3 Å². The molecule has 13 nitrogen and oxygen atoms in total. The van der Waals surface area contributed by atoms with Gasteiger partial charge >= 0.3 is 6.09 Å². The second-order valence-electron chi connectivity index (χ2n) is 9.32. The summed E-state index contributed by atoms with van der Waals surface area (Å²) in [6.07, 6.45) is -0.197. The van der Waals surface area contributed by atoms with E-state index in [0.29, 0.717) is 18.7 Å². The normalized spacial score (nSPS) is 10.9. The van der Waals surface area contributed by atoms with E-state index in [4.69, 9.17) is 15.2 Å². The summed E-state index contributed by atoms with van der Waals surface area (Å²) in [6, 6.07) is 12.1. The Hall–Kier alpha value is -4.82. The van der Waals surface area contributed by atoms with Crippen molar-refractivity contribution in [2.45, 2.75) is 39.2 Å². The fraction of sp³-hybridized carbons (Fsp3) is 0.276. The van der Waals surface area contributed by atoms with Gasteiger partial charge in [-0.2, -0.15) is 0 Å². The summed E-state index contributed by atoms with van der Waals surface area (Å²) in [7, 11) is -4.34. The Bertz CT molecular complexity index is 1620. The van der Waals surface area contributed by atoms with Gasteiger partial charge < -0.3 is 20.1 Å². The first-order valence-electron chi connectivity index (χ1n) is 13.3. The number of pyridine rings is 1. The molecule has 0 aliphatic heterocycles. The molecule has 0 aliphatic rings. The van der Waals surface area contributed by atoms with Crippen molar-refractivity contribution in [3.63, 3.8) is 0 Å². The molecule has 3 aromatic rings. The average Bonchev–Trinajstić information content (AvgIpc) is 2.98. The topological polar surface area (TPSA) is 187 Å². The van der Waals surface area contributed by atoms with E-state index in [9.17, 15) is 27.6 Å². The maximum atomic E-state index is 13.0. The number of amides is 4. The lowest BCUT2D eigenvalue weighted by Crippen LogP contribution is -2.37. The minimum atomic E-state index is -4.34. The first-order chi connectivity index (χ1) is 20.4. The summed E-state index contributed by atoms with van der Waals surface area (Å²) in [5, 5.41) is 1.90. The number of rotatable bonds is 11. The Kier molecular flexibility index (Phi) is 10.9. The highest BCUT2D eigenvalue weighted by Crippen LogP contribution is 2.28. The minimum Gasteiger partial charge on any atom is -0.483 e. The largest absolute Gasteiger partial charge is 0.483 e. The number of carbonyl (C=O) groups is 4. The van der Waals surface area contributed by atoms with Gasteiger partial charge in [0.1, 0.15) is 6.61 Å². The Morgan fingerprint density at radius 3 is 2.26 bits per heavy atom. The summed E-state index contributed by atoms with van der Waals surface area (Å²) in [5.74, 6) is -2.63. The van der Waals surface area contributed by atoms with Gasteiger partial charge in [0.15, 0.2) is 5.75 Å². The second-order valence-corrected chi connectivity index (χ2v) is 11.0. The molecule has 4 amide bonds. The first kappa shape index (κ1) is 32.7. The van der Waals surface area contributed by atoms with Crippen molar-refractivity contribution >= 4 is 33.8 Å². The number of imide groups is 1. The summed E-state index contributed by atoms with van der Waals surface area (Å²) < 4.78 is 38.8. The Labute approximate surface area is 249 Å². The van der Waals surface area contributed by atoms with Crippen molar-refractivity contribution in [3.8, 4) is 11.6 Å². The molecule has 0 atom stereocenters. The number of nitrogens with two attached hydrogens (primary N) is 1. The van der Waals surface area contributed by atoms with Crippen LogP contribution in [0.3, 0.4) is 0 Å². The van der Waals surface area contributed by atoms with Gasteiger partial charge in [0.05, 0.1) is 17.0 Å². The van der Waals surface area contributed by atoms with E-state index in [2.05, 4.69) is 4.98 Å². The van der Waals surface area contributed by atoms with E-state index >= 15 is 0 Å². The first-order valence-corrected chi connectivity index (χ1v) is 14.7. The van der Waals surface area contributed by atoms with Gasteiger partial charge in [-0.05, 0) is 63.1 Å². The van der Waals surface area contributed by atoms with Crippen molar-refractivity contribution in [1.82, 2.24) is 19.9 Å². The molecule has 0 bridgehead atoms. The van der Waals surface area contributed by atoms with Gasteiger partial charge in [-0.25, -0.2) is 22.9 Å². The number of hydrogen-bond donors (Lipinski definition) is 3. The molecule has 14 heteroatoms. The minimum absolute atomic E-state index is 0.00314. The zero-order valence-electron chi connectivity index (χ0n) is 24.2. The van der Waals surface area contributed by atoms with Crippen LogP contribution >= 0.6 is 0 Å². The summed E-state index contributed by atoms with van der Waals surface area (Å²) in [6.45, 7) is 7.98. The third kappa shape index (κ3) is 8.59. The Balaban J connectivity index is 1.85. The Morgan fingerprint density at radius 2 is 1.63 bits per heavy atom. The lowest BCUT2D eigenvalue weighted by molar-refractivity contribution is -0.118. The maximum Gasteiger partial charge on any atom is 0.420 e. The van der Waals surface area contributed by atoms with Crippen LogP contribution in [0.5, 0.6) is 11.6 Å². The molecule has 0 saturated heterocycles. The molecule has 0 fully saturated rings. The van der Waals surface area contributed by atoms with Crippen LogP contribution in [-0.2, 0) is 21.4 Å². The van der Waals surface area contributed by atoms with E-state index in [0.717, 1.165) is 29.0 Å². The van der Waals surface area contributed by atoms with Crippen LogP contribution in [-0.4, -0.2) is 61.8 Å². The monoisotopic (exact) mass is 611 g/mol. The number of benzene rings is 2. The number of aromatic nitrogens is 1. The second kappa shape index (κ2) is 14.4. The van der Waals surface area contributed by atoms with Crippen LogP contribution < -0.4 is 25.2 Å². The van der Waals surface area contributed by atoms with Crippen molar-refractivity contribution in [1.29, 1.82) is 0 Å². The molecule has 43 heavy (non-hydrogen) atoms. The fourth-order valence-electron chi connectivity index (χ4n) is 3.84. The molecule has 1 heterocycles. The predicted octanol–water partition coefficient (Wildman–Crippen LogP) is 2.45. The number of hydrogen-bond acceptors (Lipinski definition) is 10. The molecule has 228 valence electrons. The standard InChI is InChI=1S/C29H33N5O8S/c1-5-34(6-2)28(37)20-9-11-23(12-10-20)43(39,40)33-26(36)21-14-24(41-17-22-13-18(3)7-8-19(22)4)27(31-16-21)42-29(38)32-25(35)15-30/h7-14,16H,5-6,15,17,30H2,1-4H3,(H,33,36)(H,32,35,38). The predicted molar refractivity (Wildman–Crippen MR) is 156 cm³/mol. The number of aryl methyl sites for hydroxylation is 2. The van der Waals surface area contributed by atoms with Crippen molar-refractivity contribution in [2.75, 3.05) is 19.6 Å². The summed E-state index contributed by atoms with van der Waals surface area (Å²) >= 11 is 0. The van der Waals surface area contributed by atoms with Crippen molar-refractivity contribution in [3.05, 3.63) is 82.5 Å². The molecule has 4 N–H and O–H groups in total. The van der Waals surface area contributed by atoms with E-state index in [1.54, 1.807) is 4.90 Å². The highest BCUT2D eigenvalue weighted by atomic mass is 32.2. The molecule has 0 spiro atoms. The molecule has 0 aliphatic carbocycles. The summed E-state index contributed by atoms with van der Waals surface area (Å²) in [4.78, 5) is 54.4. The molecule has 0 unspecified atom stereocenters. The molecule has 1 aromatic heterocycles. The molecule has 0 saturated carbocycles. The van der Waals surface area contributed by atoms with Crippen LogP contribution in [0.1, 0.15) is 51.3 Å². The van der Waals surface area contributed by atoms with Gasteiger partial charge in [0.2, 0.25) is 5.91 Å². The lowest BCUT2D eigenvalue weighted by Gasteiger charge is -2.18. The zero-order valence-corrected chi connectivity index (χ0v) is 25.0. The fourth-order valence-corrected chi connectivity index (χ4v) is 4.81. The van der Waals surface area contributed by atoms with Crippen molar-refractivity contribution < 1.29 is 37.1 Å². The Morgan fingerprint density at radius 1 is 0.953 bits per heavy atom. The van der Waals surface area contributed by atoms with Crippen LogP contribution in [0.25, 0.3) is 0 Å². The number of ether oxygens (including phenoxy) is 2. The molecular weight excluding hydrogens is 578 g/mol. The van der Waals surface area contributed by atoms with Gasteiger partial charge in [0.25, 0.3) is 27.7 Å². The van der Waals surface area contributed by atoms with Gasteiger partial charge in [-0.1, -0.05) is 23.8 Å². The molecule has 2 aromatic carbocycles. The van der Waals surface area contributed by atoms with Crippen LogP contribution in [0, 0.1) is 13.8 Å². The number of nitrogens with zero attached hydrogens (tertiary/aromatic N) is 2. The van der Waals surface area contributed by atoms with Crippen LogP contribution in [0.4, 0.5) is 4.79 Å². The van der Waals surface area contributed by atoms with Crippen molar-refractivity contribution in [2.24, 2.45) is 5.73 Å². The van der Waals surface area contributed by atoms with E-state index in [1.807, 2.05) is 55.9 Å².